The number of hydrogen-bond acceptors (Lipinski definition) is 2. The molecule has 0 amide bonds. The number of benzene rings is 2. The third-order valence-electron chi connectivity index (χ3n) is 2.99. The van der Waals surface area contributed by atoms with Crippen LogP contribution in [0.25, 0.3) is 0 Å². The van der Waals surface area contributed by atoms with E-state index in [2.05, 4.69) is 0 Å². The topological polar surface area (TPSA) is 29.3 Å². The quantitative estimate of drug-likeness (QED) is 0.877. The van der Waals surface area contributed by atoms with E-state index in [1.807, 2.05) is 0 Å². The molecule has 0 unspecified atom stereocenters. The minimum absolute atomic E-state index is 0.215. The Morgan fingerprint density at radius 3 is 2.50 bits per heavy atom. The minimum atomic E-state index is -0.354. The molecule has 5 heteroatoms. The number of rotatable bonds is 4. The van der Waals surface area contributed by atoms with Crippen LogP contribution in [0.5, 0.6) is 0 Å². The average Bonchev–Trinajstić information content (AvgIpc) is 2.38. The zero-order valence-electron chi connectivity index (χ0n) is 10.9. The van der Waals surface area contributed by atoms with E-state index in [1.54, 1.807) is 30.1 Å². The molecule has 0 saturated heterocycles. The highest BCUT2D eigenvalue weighted by Gasteiger charge is 2.10. The van der Waals surface area contributed by atoms with E-state index in [-0.39, 0.29) is 16.6 Å². The molecule has 0 aliphatic carbocycles. The summed E-state index contributed by atoms with van der Waals surface area (Å²) in [7, 11) is 1.79. The van der Waals surface area contributed by atoms with Crippen molar-refractivity contribution < 1.29 is 8.78 Å². The van der Waals surface area contributed by atoms with Gasteiger partial charge in [0.05, 0.1) is 0 Å². The van der Waals surface area contributed by atoms with Crippen LogP contribution < -0.4 is 10.6 Å². The lowest BCUT2D eigenvalue weighted by Crippen LogP contribution is -2.20. The molecular formula is C15H14F2N2S. The molecule has 2 aromatic carbocycles. The van der Waals surface area contributed by atoms with Crippen LogP contribution in [0, 0.1) is 11.6 Å². The molecule has 0 aromatic heterocycles. The standard InChI is InChI=1S/C15H14F2N2S/c1-19(13-4-2-3-11(16)8-13)9-10-7-12(17)5-6-14(10)15(18)20/h2-8H,9H2,1H3,(H2,18,20). The lowest BCUT2D eigenvalue weighted by molar-refractivity contribution is 0.623. The molecule has 2 aromatic rings. The Bertz CT molecular complexity index is 644. The van der Waals surface area contributed by atoms with E-state index in [1.165, 1.54) is 24.3 Å². The van der Waals surface area contributed by atoms with Crippen LogP contribution in [-0.2, 0) is 6.54 Å². The maximum absolute atomic E-state index is 13.4. The Morgan fingerprint density at radius 1 is 1.15 bits per heavy atom. The van der Waals surface area contributed by atoms with Crippen molar-refractivity contribution in [2.45, 2.75) is 6.54 Å². The first kappa shape index (κ1) is 14.4. The largest absolute Gasteiger partial charge is 0.389 e. The zero-order valence-corrected chi connectivity index (χ0v) is 11.8. The first-order chi connectivity index (χ1) is 9.47. The number of hydrogen-bond donors (Lipinski definition) is 1. The molecular weight excluding hydrogens is 278 g/mol. The van der Waals surface area contributed by atoms with Crippen LogP contribution in [0.15, 0.2) is 42.5 Å². The fraction of sp³-hybridized carbons (Fsp3) is 0.133. The molecule has 0 saturated carbocycles. The van der Waals surface area contributed by atoms with Gasteiger partial charge < -0.3 is 10.6 Å². The fourth-order valence-electron chi connectivity index (χ4n) is 1.99. The van der Waals surface area contributed by atoms with Gasteiger partial charge in [0, 0.05) is 24.8 Å². The number of nitrogens with two attached hydrogens (primary N) is 1. The van der Waals surface area contributed by atoms with Crippen molar-refractivity contribution in [3.05, 3.63) is 65.2 Å². The number of halogens is 2. The van der Waals surface area contributed by atoms with E-state index in [4.69, 9.17) is 18.0 Å². The molecule has 0 radical (unpaired) electrons. The molecule has 0 bridgehead atoms. The summed E-state index contributed by atoms with van der Waals surface area (Å²) in [4.78, 5) is 2.02. The maximum Gasteiger partial charge on any atom is 0.125 e. The highest BCUT2D eigenvalue weighted by Crippen LogP contribution is 2.19. The van der Waals surface area contributed by atoms with Gasteiger partial charge in [-0.3, -0.25) is 0 Å². The van der Waals surface area contributed by atoms with Gasteiger partial charge in [-0.05, 0) is 42.0 Å². The predicted octanol–water partition coefficient (Wildman–Crippen LogP) is 3.24. The van der Waals surface area contributed by atoms with E-state index in [0.717, 1.165) is 0 Å². The molecule has 20 heavy (non-hydrogen) atoms. The normalized spacial score (nSPS) is 10.3. The summed E-state index contributed by atoms with van der Waals surface area (Å²) >= 11 is 4.96. The molecule has 2 nitrogen and oxygen atoms in total. The number of nitrogens with zero attached hydrogens (tertiary/aromatic N) is 1. The van der Waals surface area contributed by atoms with Gasteiger partial charge in [-0.15, -0.1) is 0 Å². The molecule has 0 spiro atoms. The van der Waals surface area contributed by atoms with Gasteiger partial charge in [-0.2, -0.15) is 0 Å². The second kappa shape index (κ2) is 5.96. The Hall–Kier alpha value is -2.01. The predicted molar refractivity (Wildman–Crippen MR) is 80.8 cm³/mol. The highest BCUT2D eigenvalue weighted by molar-refractivity contribution is 7.80. The van der Waals surface area contributed by atoms with E-state index in [0.29, 0.717) is 23.4 Å². The van der Waals surface area contributed by atoms with E-state index in [9.17, 15) is 8.78 Å². The second-order valence-electron chi connectivity index (χ2n) is 4.50. The lowest BCUT2D eigenvalue weighted by atomic mass is 10.1. The van der Waals surface area contributed by atoms with Crippen LogP contribution in [-0.4, -0.2) is 12.0 Å². The van der Waals surface area contributed by atoms with Crippen LogP contribution in [0.1, 0.15) is 11.1 Å². The van der Waals surface area contributed by atoms with Crippen LogP contribution in [0.2, 0.25) is 0 Å². The molecule has 0 fully saturated rings. The summed E-state index contributed by atoms with van der Waals surface area (Å²) in [6.45, 7) is 0.383. The Balaban J connectivity index is 2.29. The minimum Gasteiger partial charge on any atom is -0.389 e. The summed E-state index contributed by atoms with van der Waals surface area (Å²) in [5, 5.41) is 0. The van der Waals surface area contributed by atoms with Crippen LogP contribution in [0.4, 0.5) is 14.5 Å². The number of thiocarbonyl (C=S) groups is 1. The maximum atomic E-state index is 13.4. The van der Waals surface area contributed by atoms with E-state index < -0.39 is 0 Å². The average molecular weight is 292 g/mol. The smallest absolute Gasteiger partial charge is 0.125 e. The third kappa shape index (κ3) is 3.30. The summed E-state index contributed by atoms with van der Waals surface area (Å²) in [6, 6.07) is 10.5. The lowest BCUT2D eigenvalue weighted by Gasteiger charge is -2.21. The van der Waals surface area contributed by atoms with Crippen molar-refractivity contribution >= 4 is 22.9 Å². The van der Waals surface area contributed by atoms with Crippen molar-refractivity contribution in [2.75, 3.05) is 11.9 Å². The van der Waals surface area contributed by atoms with Gasteiger partial charge in [0.2, 0.25) is 0 Å². The van der Waals surface area contributed by atoms with E-state index >= 15 is 0 Å². The van der Waals surface area contributed by atoms with Gasteiger partial charge in [0.15, 0.2) is 0 Å². The van der Waals surface area contributed by atoms with Crippen molar-refractivity contribution in [1.82, 2.24) is 0 Å². The molecule has 2 N–H and O–H groups in total. The Morgan fingerprint density at radius 2 is 1.85 bits per heavy atom. The molecule has 2 rings (SSSR count). The van der Waals surface area contributed by atoms with Crippen molar-refractivity contribution in [3.63, 3.8) is 0 Å². The monoisotopic (exact) mass is 292 g/mol. The molecule has 0 aliphatic heterocycles. The van der Waals surface area contributed by atoms with Crippen molar-refractivity contribution in [3.8, 4) is 0 Å². The van der Waals surface area contributed by atoms with Crippen molar-refractivity contribution in [1.29, 1.82) is 0 Å². The summed E-state index contributed by atoms with van der Waals surface area (Å²) in [6.07, 6.45) is 0. The molecule has 0 atom stereocenters. The zero-order chi connectivity index (χ0) is 14.7. The van der Waals surface area contributed by atoms with Crippen LogP contribution in [0.3, 0.4) is 0 Å². The Labute approximate surface area is 121 Å². The van der Waals surface area contributed by atoms with Crippen LogP contribution >= 0.6 is 12.2 Å². The fourth-order valence-corrected chi connectivity index (χ4v) is 2.19. The summed E-state index contributed by atoms with van der Waals surface area (Å²) < 4.78 is 26.6. The van der Waals surface area contributed by atoms with Gasteiger partial charge in [0.25, 0.3) is 0 Å². The Kier molecular flexibility index (Phi) is 4.29. The first-order valence-corrected chi connectivity index (χ1v) is 6.43. The number of anilines is 1. The van der Waals surface area contributed by atoms with Gasteiger partial charge >= 0.3 is 0 Å². The summed E-state index contributed by atoms with van der Waals surface area (Å²) in [5.41, 5.74) is 7.63. The molecule has 0 heterocycles. The van der Waals surface area contributed by atoms with Gasteiger partial charge in [-0.1, -0.05) is 18.3 Å². The van der Waals surface area contributed by atoms with Gasteiger partial charge in [0.1, 0.15) is 16.6 Å². The molecule has 104 valence electrons. The highest BCUT2D eigenvalue weighted by atomic mass is 32.1. The first-order valence-electron chi connectivity index (χ1n) is 6.02. The van der Waals surface area contributed by atoms with Gasteiger partial charge in [-0.25, -0.2) is 8.78 Å². The van der Waals surface area contributed by atoms with Crippen molar-refractivity contribution in [2.24, 2.45) is 5.73 Å². The second-order valence-corrected chi connectivity index (χ2v) is 4.94. The molecule has 0 aliphatic rings. The SMILES string of the molecule is CN(Cc1cc(F)ccc1C(N)=S)c1cccc(F)c1. The third-order valence-corrected chi connectivity index (χ3v) is 3.21. The summed E-state index contributed by atoms with van der Waals surface area (Å²) in [5.74, 6) is -0.671.